The second kappa shape index (κ2) is 4.16. The fourth-order valence-corrected chi connectivity index (χ4v) is 0.197. The summed E-state index contributed by atoms with van der Waals surface area (Å²) in [4.78, 5) is 9.69. The van der Waals surface area contributed by atoms with E-state index in [0.717, 1.165) is 6.54 Å². The van der Waals surface area contributed by atoms with Crippen LogP contribution in [-0.2, 0) is 4.79 Å². The van der Waals surface area contributed by atoms with Gasteiger partial charge in [-0.25, -0.2) is 0 Å². The maximum atomic E-state index is 9.69. The lowest BCUT2D eigenvalue weighted by Gasteiger charge is -1.89. The average Bonchev–Trinajstić information content (AvgIpc) is 1.66. The van der Waals surface area contributed by atoms with Crippen LogP contribution in [0.4, 0.5) is 0 Å². The van der Waals surface area contributed by atoms with Gasteiger partial charge < -0.3 is 5.11 Å². The molecular weight excluding hydrogens is 106 g/mol. The molecule has 0 atom stereocenters. The summed E-state index contributed by atoms with van der Waals surface area (Å²) in [7, 11) is 0. The molecule has 0 aromatic carbocycles. The van der Waals surface area contributed by atoms with Crippen molar-refractivity contribution in [2.45, 2.75) is 0 Å². The van der Waals surface area contributed by atoms with Gasteiger partial charge >= 0.3 is 5.97 Å². The highest BCUT2D eigenvalue weighted by Gasteiger charge is 1.91. The molecular formula is C5H6NO2. The number of carboxylic acids is 1. The Hall–Kier alpha value is -1.01. The third kappa shape index (κ3) is 4.99. The van der Waals surface area contributed by atoms with Crippen LogP contribution in [0.5, 0.6) is 0 Å². The first-order chi connectivity index (χ1) is 3.77. The monoisotopic (exact) mass is 112 g/mol. The Morgan fingerprint density at radius 2 is 2.62 bits per heavy atom. The van der Waals surface area contributed by atoms with Gasteiger partial charge in [-0.1, -0.05) is 5.92 Å². The van der Waals surface area contributed by atoms with E-state index in [0.29, 0.717) is 0 Å². The molecule has 3 nitrogen and oxygen atoms in total. The zero-order chi connectivity index (χ0) is 6.41. The summed E-state index contributed by atoms with van der Waals surface area (Å²) >= 11 is 0. The SMILES string of the molecule is C#CCN[CH]C(=O)O. The van der Waals surface area contributed by atoms with Gasteiger partial charge in [0.25, 0.3) is 0 Å². The molecule has 43 valence electrons. The minimum Gasteiger partial charge on any atom is -0.480 e. The number of hydrogen-bond donors (Lipinski definition) is 2. The minimum absolute atomic E-state index is 0.256. The summed E-state index contributed by atoms with van der Waals surface area (Å²) in [5.41, 5.74) is 0. The highest BCUT2D eigenvalue weighted by atomic mass is 16.4. The quantitative estimate of drug-likeness (QED) is 0.380. The Balaban J connectivity index is 2.97. The van der Waals surface area contributed by atoms with Crippen molar-refractivity contribution >= 4 is 5.97 Å². The highest BCUT2D eigenvalue weighted by molar-refractivity contribution is 5.75. The number of aliphatic carboxylic acids is 1. The molecule has 0 aliphatic rings. The largest absolute Gasteiger partial charge is 0.480 e. The van der Waals surface area contributed by atoms with Gasteiger partial charge in [-0.2, -0.15) is 0 Å². The topological polar surface area (TPSA) is 49.3 Å². The molecule has 0 saturated carbocycles. The first kappa shape index (κ1) is 6.99. The van der Waals surface area contributed by atoms with Gasteiger partial charge in [0.2, 0.25) is 0 Å². The summed E-state index contributed by atoms with van der Waals surface area (Å²) in [6, 6.07) is 0. The van der Waals surface area contributed by atoms with Crippen LogP contribution in [0.1, 0.15) is 0 Å². The predicted molar refractivity (Wildman–Crippen MR) is 28.8 cm³/mol. The van der Waals surface area contributed by atoms with Crippen molar-refractivity contribution in [3.63, 3.8) is 0 Å². The van der Waals surface area contributed by atoms with Crippen LogP contribution in [-0.4, -0.2) is 17.6 Å². The Morgan fingerprint density at radius 1 is 2.00 bits per heavy atom. The van der Waals surface area contributed by atoms with Crippen LogP contribution in [0.3, 0.4) is 0 Å². The van der Waals surface area contributed by atoms with Gasteiger partial charge in [-0.3, -0.25) is 10.1 Å². The van der Waals surface area contributed by atoms with Gasteiger partial charge in [0, 0.05) is 0 Å². The van der Waals surface area contributed by atoms with Gasteiger partial charge in [0.1, 0.15) is 6.54 Å². The molecule has 2 N–H and O–H groups in total. The van der Waals surface area contributed by atoms with E-state index in [1.54, 1.807) is 0 Å². The lowest BCUT2D eigenvalue weighted by atomic mass is 10.6. The average molecular weight is 112 g/mol. The lowest BCUT2D eigenvalue weighted by molar-refractivity contribution is -0.133. The molecule has 0 spiro atoms. The van der Waals surface area contributed by atoms with E-state index in [9.17, 15) is 4.79 Å². The van der Waals surface area contributed by atoms with E-state index in [-0.39, 0.29) is 6.54 Å². The Bertz CT molecular complexity index is 114. The molecule has 0 heterocycles. The number of rotatable bonds is 3. The number of terminal acetylenes is 1. The second-order valence-electron chi connectivity index (χ2n) is 1.07. The molecule has 1 radical (unpaired) electrons. The highest BCUT2D eigenvalue weighted by Crippen LogP contribution is 1.65. The molecule has 0 rings (SSSR count). The number of carbonyl (C=O) groups is 1. The summed E-state index contributed by atoms with van der Waals surface area (Å²) in [5.74, 6) is 1.20. The molecule has 0 bridgehead atoms. The van der Waals surface area contributed by atoms with Crippen molar-refractivity contribution < 1.29 is 9.90 Å². The summed E-state index contributed by atoms with van der Waals surface area (Å²) in [6.07, 6.45) is 4.79. The smallest absolute Gasteiger partial charge is 0.322 e. The van der Waals surface area contributed by atoms with Gasteiger partial charge in [-0.05, 0) is 0 Å². The molecule has 3 heteroatoms. The fraction of sp³-hybridized carbons (Fsp3) is 0.200. The first-order valence-electron chi connectivity index (χ1n) is 2.00. The molecule has 0 fully saturated rings. The van der Waals surface area contributed by atoms with Gasteiger partial charge in [0.05, 0.1) is 6.54 Å². The summed E-state index contributed by atoms with van der Waals surface area (Å²) < 4.78 is 0. The van der Waals surface area contributed by atoms with Crippen molar-refractivity contribution in [2.75, 3.05) is 6.54 Å². The summed E-state index contributed by atoms with van der Waals surface area (Å²) in [6.45, 7) is 1.16. The Morgan fingerprint density at radius 3 is 3.00 bits per heavy atom. The van der Waals surface area contributed by atoms with Crippen LogP contribution in [0.2, 0.25) is 0 Å². The van der Waals surface area contributed by atoms with Crippen molar-refractivity contribution in [3.05, 3.63) is 6.54 Å². The maximum Gasteiger partial charge on any atom is 0.322 e. The lowest BCUT2D eigenvalue weighted by Crippen LogP contribution is -2.15. The standard InChI is InChI=1S/C5H6NO2/c1-2-3-6-4-5(7)8/h1,4,6H,3H2,(H,7,8). The Labute approximate surface area is 47.7 Å². The van der Waals surface area contributed by atoms with Crippen molar-refractivity contribution in [1.29, 1.82) is 0 Å². The van der Waals surface area contributed by atoms with E-state index in [4.69, 9.17) is 11.5 Å². The fourth-order valence-electron chi connectivity index (χ4n) is 0.197. The van der Waals surface area contributed by atoms with E-state index in [2.05, 4.69) is 11.2 Å². The molecule has 0 aromatic heterocycles. The van der Waals surface area contributed by atoms with E-state index < -0.39 is 5.97 Å². The normalized spacial score (nSPS) is 7.88. The number of nitrogens with one attached hydrogen (secondary N) is 1. The molecule has 0 saturated heterocycles. The van der Waals surface area contributed by atoms with Gasteiger partial charge in [0.15, 0.2) is 0 Å². The summed E-state index contributed by atoms with van der Waals surface area (Å²) in [5, 5.41) is 10.3. The predicted octanol–water partition coefficient (Wildman–Crippen LogP) is -0.544. The van der Waals surface area contributed by atoms with Crippen molar-refractivity contribution in [2.24, 2.45) is 0 Å². The molecule has 0 aliphatic heterocycles. The second-order valence-corrected chi connectivity index (χ2v) is 1.07. The zero-order valence-electron chi connectivity index (χ0n) is 4.22. The van der Waals surface area contributed by atoms with Crippen LogP contribution in [0.25, 0.3) is 0 Å². The number of hydrogen-bond acceptors (Lipinski definition) is 2. The van der Waals surface area contributed by atoms with Crippen LogP contribution in [0, 0.1) is 18.9 Å². The number of carboxylic acid groups (broad SMARTS) is 1. The van der Waals surface area contributed by atoms with E-state index in [1.807, 2.05) is 0 Å². The first-order valence-corrected chi connectivity index (χ1v) is 2.00. The molecule has 0 aromatic rings. The van der Waals surface area contributed by atoms with E-state index in [1.165, 1.54) is 0 Å². The van der Waals surface area contributed by atoms with Gasteiger partial charge in [-0.15, -0.1) is 6.42 Å². The molecule has 8 heavy (non-hydrogen) atoms. The Kier molecular flexibility index (Phi) is 3.63. The van der Waals surface area contributed by atoms with E-state index >= 15 is 0 Å². The molecule has 0 unspecified atom stereocenters. The van der Waals surface area contributed by atoms with Crippen molar-refractivity contribution in [1.82, 2.24) is 5.32 Å². The molecule has 0 amide bonds. The van der Waals surface area contributed by atoms with Crippen molar-refractivity contribution in [3.8, 4) is 12.3 Å². The van der Waals surface area contributed by atoms with Crippen LogP contribution < -0.4 is 5.32 Å². The maximum absolute atomic E-state index is 9.69. The zero-order valence-corrected chi connectivity index (χ0v) is 4.22. The van der Waals surface area contributed by atoms with Crippen LogP contribution >= 0.6 is 0 Å². The third-order valence-electron chi connectivity index (χ3n) is 0.430. The third-order valence-corrected chi connectivity index (χ3v) is 0.430. The van der Waals surface area contributed by atoms with Crippen LogP contribution in [0.15, 0.2) is 0 Å². The minimum atomic E-state index is -1.01. The molecule has 0 aliphatic carbocycles.